The van der Waals surface area contributed by atoms with Gasteiger partial charge in [-0.15, -0.1) is 0 Å². The third kappa shape index (κ3) is 3.65. The molecule has 1 atom stereocenters. The predicted molar refractivity (Wildman–Crippen MR) is 67.7 cm³/mol. The number of hydrogen-bond acceptors (Lipinski definition) is 4. The second-order valence-corrected chi connectivity index (χ2v) is 5.43. The average molecular weight is 242 g/mol. The van der Waals surface area contributed by atoms with Gasteiger partial charge < -0.3 is 20.5 Å². The summed E-state index contributed by atoms with van der Waals surface area (Å²) in [6, 6.07) is 0.437. The SMILES string of the molecule is C[C@@H](CN)NCCC1CCC2(CC1)OCCO2. The molecular formula is C13H26N2O2. The molecule has 0 amide bonds. The van der Waals surface area contributed by atoms with Crippen molar-refractivity contribution in [1.29, 1.82) is 0 Å². The molecule has 1 aliphatic heterocycles. The maximum Gasteiger partial charge on any atom is 0.168 e. The highest BCUT2D eigenvalue weighted by Gasteiger charge is 2.39. The van der Waals surface area contributed by atoms with Gasteiger partial charge in [0, 0.05) is 25.4 Å². The van der Waals surface area contributed by atoms with Gasteiger partial charge in [0.25, 0.3) is 0 Å². The Hall–Kier alpha value is -0.160. The molecular weight excluding hydrogens is 216 g/mol. The van der Waals surface area contributed by atoms with Gasteiger partial charge in [0.1, 0.15) is 0 Å². The van der Waals surface area contributed by atoms with Crippen LogP contribution in [-0.2, 0) is 9.47 Å². The highest BCUT2D eigenvalue weighted by Crippen LogP contribution is 2.39. The molecule has 3 N–H and O–H groups in total. The monoisotopic (exact) mass is 242 g/mol. The van der Waals surface area contributed by atoms with Gasteiger partial charge >= 0.3 is 0 Å². The lowest BCUT2D eigenvalue weighted by Crippen LogP contribution is -2.37. The maximum atomic E-state index is 5.74. The van der Waals surface area contributed by atoms with Crippen molar-refractivity contribution in [2.45, 2.75) is 50.9 Å². The fraction of sp³-hybridized carbons (Fsp3) is 1.00. The number of rotatable bonds is 5. The third-order valence-corrected chi connectivity index (χ3v) is 4.08. The van der Waals surface area contributed by atoms with Crippen LogP contribution in [0.3, 0.4) is 0 Å². The van der Waals surface area contributed by atoms with Gasteiger partial charge in [0.15, 0.2) is 5.79 Å². The van der Waals surface area contributed by atoms with Crippen molar-refractivity contribution in [2.75, 3.05) is 26.3 Å². The first-order chi connectivity index (χ1) is 8.24. The highest BCUT2D eigenvalue weighted by molar-refractivity contribution is 4.82. The van der Waals surface area contributed by atoms with Gasteiger partial charge in [-0.25, -0.2) is 0 Å². The second-order valence-electron chi connectivity index (χ2n) is 5.43. The summed E-state index contributed by atoms with van der Waals surface area (Å²) in [5, 5.41) is 3.45. The Morgan fingerprint density at radius 1 is 1.29 bits per heavy atom. The molecule has 0 aromatic carbocycles. The molecule has 0 aromatic rings. The fourth-order valence-corrected chi connectivity index (χ4v) is 2.81. The predicted octanol–water partition coefficient (Wildman–Crippen LogP) is 1.25. The Labute approximate surface area is 104 Å². The van der Waals surface area contributed by atoms with Gasteiger partial charge in [-0.2, -0.15) is 0 Å². The first-order valence-corrected chi connectivity index (χ1v) is 6.95. The zero-order valence-electron chi connectivity index (χ0n) is 10.9. The standard InChI is InChI=1S/C13H26N2O2/c1-11(10-14)15-7-4-12-2-5-13(6-3-12)16-8-9-17-13/h11-12,15H,2-10,14H2,1H3/t11-/m0/s1. The molecule has 4 heteroatoms. The van der Waals surface area contributed by atoms with E-state index in [2.05, 4.69) is 12.2 Å². The Morgan fingerprint density at radius 2 is 1.94 bits per heavy atom. The Morgan fingerprint density at radius 3 is 2.53 bits per heavy atom. The van der Waals surface area contributed by atoms with Gasteiger partial charge in [0.05, 0.1) is 13.2 Å². The van der Waals surface area contributed by atoms with Crippen LogP contribution >= 0.6 is 0 Å². The largest absolute Gasteiger partial charge is 0.348 e. The zero-order chi connectivity index (χ0) is 12.1. The topological polar surface area (TPSA) is 56.5 Å². The van der Waals surface area contributed by atoms with E-state index >= 15 is 0 Å². The molecule has 1 saturated carbocycles. The number of ether oxygens (including phenoxy) is 2. The first-order valence-electron chi connectivity index (χ1n) is 6.95. The fourth-order valence-electron chi connectivity index (χ4n) is 2.81. The minimum atomic E-state index is -0.200. The van der Waals surface area contributed by atoms with E-state index in [1.54, 1.807) is 0 Å². The summed E-state index contributed by atoms with van der Waals surface area (Å²) in [7, 11) is 0. The molecule has 17 heavy (non-hydrogen) atoms. The lowest BCUT2D eigenvalue weighted by Gasteiger charge is -2.35. The van der Waals surface area contributed by atoms with Crippen LogP contribution in [0.4, 0.5) is 0 Å². The molecule has 1 saturated heterocycles. The minimum absolute atomic E-state index is 0.200. The zero-order valence-corrected chi connectivity index (χ0v) is 10.9. The van der Waals surface area contributed by atoms with Crippen molar-refractivity contribution >= 4 is 0 Å². The van der Waals surface area contributed by atoms with Gasteiger partial charge in [-0.05, 0) is 38.6 Å². The van der Waals surface area contributed by atoms with Crippen LogP contribution in [0.1, 0.15) is 39.0 Å². The van der Waals surface area contributed by atoms with E-state index in [1.807, 2.05) is 0 Å². The van der Waals surface area contributed by atoms with E-state index in [-0.39, 0.29) is 5.79 Å². The lowest BCUT2D eigenvalue weighted by molar-refractivity contribution is -0.182. The molecule has 1 heterocycles. The Balaban J connectivity index is 1.62. The van der Waals surface area contributed by atoms with E-state index in [4.69, 9.17) is 15.2 Å². The molecule has 2 aliphatic rings. The smallest absolute Gasteiger partial charge is 0.168 e. The van der Waals surface area contributed by atoms with E-state index < -0.39 is 0 Å². The van der Waals surface area contributed by atoms with Crippen molar-refractivity contribution in [1.82, 2.24) is 5.32 Å². The molecule has 0 unspecified atom stereocenters. The van der Waals surface area contributed by atoms with Gasteiger partial charge in [0.2, 0.25) is 0 Å². The van der Waals surface area contributed by atoms with Crippen LogP contribution in [-0.4, -0.2) is 38.1 Å². The van der Waals surface area contributed by atoms with Crippen molar-refractivity contribution < 1.29 is 9.47 Å². The normalized spacial score (nSPS) is 26.5. The van der Waals surface area contributed by atoms with Crippen LogP contribution in [0.25, 0.3) is 0 Å². The molecule has 1 aliphatic carbocycles. The first kappa shape index (κ1) is 13.3. The molecule has 4 nitrogen and oxygen atoms in total. The third-order valence-electron chi connectivity index (χ3n) is 4.08. The molecule has 0 radical (unpaired) electrons. The maximum absolute atomic E-state index is 5.74. The van der Waals surface area contributed by atoms with E-state index in [1.165, 1.54) is 19.3 Å². The van der Waals surface area contributed by atoms with Crippen LogP contribution in [0.2, 0.25) is 0 Å². The summed E-state index contributed by atoms with van der Waals surface area (Å²) in [6.45, 7) is 5.49. The highest BCUT2D eigenvalue weighted by atomic mass is 16.7. The summed E-state index contributed by atoms with van der Waals surface area (Å²) in [5.41, 5.74) is 5.57. The Bertz CT molecular complexity index is 219. The van der Waals surface area contributed by atoms with Crippen molar-refractivity contribution in [3.63, 3.8) is 0 Å². The molecule has 0 aromatic heterocycles. The van der Waals surface area contributed by atoms with Gasteiger partial charge in [-0.1, -0.05) is 0 Å². The van der Waals surface area contributed by atoms with Crippen LogP contribution in [0.5, 0.6) is 0 Å². The van der Waals surface area contributed by atoms with E-state index in [9.17, 15) is 0 Å². The summed E-state index contributed by atoms with van der Waals surface area (Å²) >= 11 is 0. The van der Waals surface area contributed by atoms with Crippen molar-refractivity contribution in [3.8, 4) is 0 Å². The lowest BCUT2D eigenvalue weighted by atomic mass is 9.83. The number of nitrogens with two attached hydrogens (primary N) is 1. The van der Waals surface area contributed by atoms with Gasteiger partial charge in [-0.3, -0.25) is 0 Å². The molecule has 1 spiro atoms. The second kappa shape index (κ2) is 6.14. The van der Waals surface area contributed by atoms with Crippen LogP contribution in [0, 0.1) is 5.92 Å². The summed E-state index contributed by atoms with van der Waals surface area (Å²) in [6.07, 6.45) is 5.87. The van der Waals surface area contributed by atoms with E-state index in [0.717, 1.165) is 45.1 Å². The summed E-state index contributed by atoms with van der Waals surface area (Å²) in [5.74, 6) is 0.625. The number of hydrogen-bond donors (Lipinski definition) is 2. The minimum Gasteiger partial charge on any atom is -0.348 e. The summed E-state index contributed by atoms with van der Waals surface area (Å²) in [4.78, 5) is 0. The molecule has 2 rings (SSSR count). The van der Waals surface area contributed by atoms with Crippen molar-refractivity contribution in [3.05, 3.63) is 0 Å². The quantitative estimate of drug-likeness (QED) is 0.762. The van der Waals surface area contributed by atoms with Crippen LogP contribution < -0.4 is 11.1 Å². The van der Waals surface area contributed by atoms with Crippen molar-refractivity contribution in [2.24, 2.45) is 11.7 Å². The molecule has 0 bridgehead atoms. The average Bonchev–Trinajstić information content (AvgIpc) is 2.80. The van der Waals surface area contributed by atoms with Crippen LogP contribution in [0.15, 0.2) is 0 Å². The van der Waals surface area contributed by atoms with E-state index in [0.29, 0.717) is 6.04 Å². The number of nitrogens with one attached hydrogen (secondary N) is 1. The Kier molecular flexibility index (Phi) is 4.79. The summed E-state index contributed by atoms with van der Waals surface area (Å²) < 4.78 is 11.5. The molecule has 2 fully saturated rings. The molecule has 100 valence electrons.